The van der Waals surface area contributed by atoms with Crippen molar-refractivity contribution >= 4 is 5.91 Å². The van der Waals surface area contributed by atoms with E-state index in [1.54, 1.807) is 7.11 Å². The van der Waals surface area contributed by atoms with Crippen molar-refractivity contribution in [2.75, 3.05) is 60.0 Å². The lowest BCUT2D eigenvalue weighted by molar-refractivity contribution is -0.0952. The minimum absolute atomic E-state index is 0.0195. The molecule has 160 valence electrons. The summed E-state index contributed by atoms with van der Waals surface area (Å²) in [5.74, 6) is 0.746. The summed E-state index contributed by atoms with van der Waals surface area (Å²) in [5.41, 5.74) is 1.99. The highest BCUT2D eigenvalue weighted by molar-refractivity contribution is 5.94. The Morgan fingerprint density at radius 1 is 1.23 bits per heavy atom. The average molecular weight is 412 g/mol. The van der Waals surface area contributed by atoms with Crippen LogP contribution in [0.1, 0.15) is 16.9 Å². The van der Waals surface area contributed by atoms with E-state index >= 15 is 0 Å². The number of aromatic amines is 1. The quantitative estimate of drug-likeness (QED) is 0.818. The number of nitrogens with zero attached hydrogens (tertiary/aromatic N) is 4. The van der Waals surface area contributed by atoms with Crippen molar-refractivity contribution in [3.8, 4) is 17.0 Å². The highest BCUT2D eigenvalue weighted by atomic mass is 16.5. The summed E-state index contributed by atoms with van der Waals surface area (Å²) < 4.78 is 11.5. The highest BCUT2D eigenvalue weighted by Gasteiger charge is 2.52. The fraction of sp³-hybridized carbons (Fsp3) is 0.545. The Bertz CT molecular complexity index is 915. The van der Waals surface area contributed by atoms with Crippen LogP contribution in [0.25, 0.3) is 11.3 Å². The second kappa shape index (κ2) is 7.68. The summed E-state index contributed by atoms with van der Waals surface area (Å²) in [6, 6.07) is 9.95. The lowest BCUT2D eigenvalue weighted by Crippen LogP contribution is -2.63. The first kappa shape index (κ1) is 19.5. The van der Waals surface area contributed by atoms with Crippen LogP contribution < -0.4 is 4.74 Å². The third kappa shape index (κ3) is 3.59. The topological polar surface area (TPSA) is 73.9 Å². The molecule has 3 aliphatic rings. The van der Waals surface area contributed by atoms with Gasteiger partial charge in [-0.25, -0.2) is 0 Å². The third-order valence-corrected chi connectivity index (χ3v) is 6.66. The zero-order chi connectivity index (χ0) is 20.7. The highest BCUT2D eigenvalue weighted by Crippen LogP contribution is 2.38. The van der Waals surface area contributed by atoms with Gasteiger partial charge in [-0.3, -0.25) is 14.8 Å². The van der Waals surface area contributed by atoms with Crippen LogP contribution in [-0.2, 0) is 4.74 Å². The number of carbonyl (C=O) groups excluding carboxylic acids is 1. The first-order chi connectivity index (χ1) is 14.5. The fourth-order valence-electron chi connectivity index (χ4n) is 4.79. The van der Waals surface area contributed by atoms with Crippen LogP contribution in [0, 0.1) is 0 Å². The van der Waals surface area contributed by atoms with E-state index in [0.717, 1.165) is 56.2 Å². The number of hydrogen-bond acceptors (Lipinski definition) is 6. The summed E-state index contributed by atoms with van der Waals surface area (Å²) in [5, 5.41) is 7.22. The number of likely N-dealkylation sites (tertiary alicyclic amines) is 1. The van der Waals surface area contributed by atoms with Gasteiger partial charge >= 0.3 is 0 Å². The summed E-state index contributed by atoms with van der Waals surface area (Å²) in [7, 11) is 3.81. The van der Waals surface area contributed by atoms with Gasteiger partial charge in [0.1, 0.15) is 17.0 Å². The van der Waals surface area contributed by atoms with Crippen LogP contribution in [0.15, 0.2) is 30.3 Å². The van der Waals surface area contributed by atoms with E-state index < -0.39 is 0 Å². The Kier molecular flexibility index (Phi) is 5.00. The number of H-pyrrole nitrogens is 1. The fourth-order valence-corrected chi connectivity index (χ4v) is 4.79. The normalized spacial score (nSPS) is 24.2. The molecule has 3 fully saturated rings. The number of amides is 1. The molecular weight excluding hydrogens is 382 g/mol. The van der Waals surface area contributed by atoms with E-state index in [1.165, 1.54) is 0 Å². The van der Waals surface area contributed by atoms with Gasteiger partial charge in [0, 0.05) is 37.8 Å². The number of hydrogen-bond donors (Lipinski definition) is 1. The number of ether oxygens (including phenoxy) is 2. The van der Waals surface area contributed by atoms with Gasteiger partial charge in [-0.15, -0.1) is 0 Å². The van der Waals surface area contributed by atoms with Crippen molar-refractivity contribution in [2.24, 2.45) is 0 Å². The lowest BCUT2D eigenvalue weighted by Gasteiger charge is -2.47. The zero-order valence-electron chi connectivity index (χ0n) is 17.6. The number of carbonyl (C=O) groups is 1. The molecule has 0 saturated carbocycles. The Labute approximate surface area is 176 Å². The molecule has 8 nitrogen and oxygen atoms in total. The molecule has 30 heavy (non-hydrogen) atoms. The molecule has 3 aliphatic heterocycles. The number of methoxy groups -OCH3 is 1. The monoisotopic (exact) mass is 411 g/mol. The van der Waals surface area contributed by atoms with Gasteiger partial charge in [-0.05, 0) is 31.7 Å². The Balaban J connectivity index is 1.19. The van der Waals surface area contributed by atoms with Crippen molar-refractivity contribution < 1.29 is 14.3 Å². The summed E-state index contributed by atoms with van der Waals surface area (Å²) in [4.78, 5) is 19.7. The van der Waals surface area contributed by atoms with E-state index in [1.807, 2.05) is 35.2 Å². The van der Waals surface area contributed by atoms with E-state index in [0.29, 0.717) is 24.8 Å². The maximum absolute atomic E-state index is 12.9. The van der Waals surface area contributed by atoms with Crippen molar-refractivity contribution in [3.63, 3.8) is 0 Å². The predicted molar refractivity (Wildman–Crippen MR) is 113 cm³/mol. The third-order valence-electron chi connectivity index (χ3n) is 6.66. The largest absolute Gasteiger partial charge is 0.497 e. The van der Waals surface area contributed by atoms with Gasteiger partial charge in [0.25, 0.3) is 5.91 Å². The maximum Gasteiger partial charge on any atom is 0.272 e. The Morgan fingerprint density at radius 3 is 2.80 bits per heavy atom. The van der Waals surface area contributed by atoms with Crippen LogP contribution in [0.2, 0.25) is 0 Å². The van der Waals surface area contributed by atoms with Crippen LogP contribution in [0.4, 0.5) is 0 Å². The lowest BCUT2D eigenvalue weighted by atomic mass is 9.88. The SMILES string of the molecule is COc1cccc(-c2cc(C(=O)N3CC4(CC(N5CCN(C)CC5)CO4)C3)[nH]n2)c1. The minimum Gasteiger partial charge on any atom is -0.497 e. The predicted octanol–water partition coefficient (Wildman–Crippen LogP) is 1.32. The number of piperazine rings is 1. The standard InChI is InChI=1S/C22H29N5O3/c1-25-6-8-26(9-7-25)17-12-22(30-13-17)14-27(15-22)21(28)20-11-19(23-24-20)16-4-3-5-18(10-16)29-2/h3-5,10-11,17H,6-9,12-15H2,1-2H3,(H,23,24). The summed E-state index contributed by atoms with van der Waals surface area (Å²) >= 11 is 0. The van der Waals surface area contributed by atoms with Gasteiger partial charge in [0.05, 0.1) is 32.5 Å². The molecule has 1 aromatic carbocycles. The van der Waals surface area contributed by atoms with Gasteiger partial charge in [0.2, 0.25) is 0 Å². The molecule has 1 aromatic heterocycles. The molecule has 1 spiro atoms. The number of likely N-dealkylation sites (N-methyl/N-ethyl adjacent to an activating group) is 1. The zero-order valence-corrected chi connectivity index (χ0v) is 17.6. The molecule has 5 rings (SSSR count). The first-order valence-electron chi connectivity index (χ1n) is 10.6. The first-order valence-corrected chi connectivity index (χ1v) is 10.6. The molecule has 4 heterocycles. The van der Waals surface area contributed by atoms with Crippen LogP contribution in [0.3, 0.4) is 0 Å². The van der Waals surface area contributed by atoms with E-state index in [-0.39, 0.29) is 11.5 Å². The summed E-state index contributed by atoms with van der Waals surface area (Å²) in [6.45, 7) is 6.52. The van der Waals surface area contributed by atoms with Gasteiger partial charge in [-0.2, -0.15) is 5.10 Å². The Morgan fingerprint density at radius 2 is 2.03 bits per heavy atom. The van der Waals surface area contributed by atoms with Gasteiger partial charge < -0.3 is 19.3 Å². The van der Waals surface area contributed by atoms with Crippen molar-refractivity contribution in [3.05, 3.63) is 36.0 Å². The van der Waals surface area contributed by atoms with Crippen LogP contribution >= 0.6 is 0 Å². The van der Waals surface area contributed by atoms with Crippen LogP contribution in [0.5, 0.6) is 5.75 Å². The molecule has 0 aliphatic carbocycles. The molecular formula is C22H29N5O3. The second-order valence-electron chi connectivity index (χ2n) is 8.75. The van der Waals surface area contributed by atoms with Gasteiger partial charge in [0.15, 0.2) is 0 Å². The molecule has 2 aromatic rings. The van der Waals surface area contributed by atoms with Crippen molar-refractivity contribution in [2.45, 2.75) is 18.1 Å². The number of benzene rings is 1. The molecule has 1 unspecified atom stereocenters. The molecule has 0 radical (unpaired) electrons. The molecule has 3 saturated heterocycles. The maximum atomic E-state index is 12.9. The average Bonchev–Trinajstić information content (AvgIpc) is 3.41. The molecule has 1 amide bonds. The van der Waals surface area contributed by atoms with E-state index in [4.69, 9.17) is 9.47 Å². The molecule has 1 atom stereocenters. The van der Waals surface area contributed by atoms with Crippen molar-refractivity contribution in [1.29, 1.82) is 0 Å². The molecule has 1 N–H and O–H groups in total. The summed E-state index contributed by atoms with van der Waals surface area (Å²) in [6.07, 6.45) is 1.01. The number of aromatic nitrogens is 2. The van der Waals surface area contributed by atoms with Crippen molar-refractivity contribution in [1.82, 2.24) is 24.9 Å². The van der Waals surface area contributed by atoms with Crippen LogP contribution in [-0.4, -0.2) is 102 Å². The number of rotatable bonds is 4. The smallest absolute Gasteiger partial charge is 0.272 e. The van der Waals surface area contributed by atoms with E-state index in [9.17, 15) is 4.79 Å². The minimum atomic E-state index is -0.167. The second-order valence-corrected chi connectivity index (χ2v) is 8.75. The van der Waals surface area contributed by atoms with E-state index in [2.05, 4.69) is 27.0 Å². The molecule has 0 bridgehead atoms. The Hall–Kier alpha value is -2.42. The molecule has 8 heteroatoms. The van der Waals surface area contributed by atoms with Gasteiger partial charge in [-0.1, -0.05) is 12.1 Å². The number of nitrogens with one attached hydrogen (secondary N) is 1.